The Bertz CT molecular complexity index is 909. The summed E-state index contributed by atoms with van der Waals surface area (Å²) in [6, 6.07) is 6.12. The zero-order chi connectivity index (χ0) is 19.4. The number of aromatic nitrogens is 4. The van der Waals surface area contributed by atoms with Gasteiger partial charge in [0.05, 0.1) is 11.0 Å². The third-order valence-electron chi connectivity index (χ3n) is 5.21. The Morgan fingerprint density at radius 2 is 2.04 bits per heavy atom. The summed E-state index contributed by atoms with van der Waals surface area (Å²) >= 11 is 0. The molecule has 1 aliphatic heterocycles. The van der Waals surface area contributed by atoms with Gasteiger partial charge in [0.2, 0.25) is 0 Å². The first-order valence-electron chi connectivity index (χ1n) is 8.91. The van der Waals surface area contributed by atoms with Crippen molar-refractivity contribution in [3.63, 3.8) is 0 Å². The van der Waals surface area contributed by atoms with Crippen LogP contribution in [-0.2, 0) is 16.8 Å². The van der Waals surface area contributed by atoms with Crippen molar-refractivity contribution in [2.24, 2.45) is 0 Å². The molecule has 8 heteroatoms. The van der Waals surface area contributed by atoms with Crippen LogP contribution >= 0.6 is 0 Å². The third-order valence-corrected chi connectivity index (χ3v) is 5.21. The molecule has 0 aliphatic carbocycles. The molecule has 3 aromatic rings. The molecule has 3 heterocycles. The molecule has 0 spiro atoms. The Kier molecular flexibility index (Phi) is 5.57. The van der Waals surface area contributed by atoms with Crippen molar-refractivity contribution >= 4 is 17.5 Å². The number of piperidine rings is 1. The summed E-state index contributed by atoms with van der Waals surface area (Å²) in [6.07, 6.45) is 6.14. The molecule has 1 aliphatic rings. The molecule has 27 heavy (non-hydrogen) atoms. The number of nitrogens with zero attached hydrogens (tertiary/aromatic N) is 4. The summed E-state index contributed by atoms with van der Waals surface area (Å²) in [6.45, 7) is 4.19. The minimum atomic E-state index is -0.250. The van der Waals surface area contributed by atoms with Crippen molar-refractivity contribution in [1.82, 2.24) is 24.4 Å². The highest BCUT2D eigenvalue weighted by molar-refractivity contribution is 5.77. The lowest BCUT2D eigenvalue weighted by Crippen LogP contribution is -2.40. The van der Waals surface area contributed by atoms with Gasteiger partial charge in [0.1, 0.15) is 18.3 Å². The number of carbonyl (C=O) groups is 1. The van der Waals surface area contributed by atoms with E-state index >= 15 is 0 Å². The number of aliphatic hydroxyl groups excluding tert-OH is 1. The predicted octanol–water partition coefficient (Wildman–Crippen LogP) is 1.92. The van der Waals surface area contributed by atoms with E-state index in [1.807, 2.05) is 18.5 Å². The number of carboxylic acid groups (broad SMARTS) is 1. The molecule has 1 aromatic carbocycles. The van der Waals surface area contributed by atoms with Crippen molar-refractivity contribution in [3.8, 4) is 5.69 Å². The topological polar surface area (TPSA) is 107 Å². The molecule has 2 aromatic heterocycles. The van der Waals surface area contributed by atoms with Crippen molar-refractivity contribution in [2.45, 2.75) is 31.8 Å². The molecule has 0 unspecified atom stereocenters. The van der Waals surface area contributed by atoms with E-state index in [1.165, 1.54) is 0 Å². The summed E-state index contributed by atoms with van der Waals surface area (Å²) in [4.78, 5) is 22.9. The quantitative estimate of drug-likeness (QED) is 0.607. The highest BCUT2D eigenvalue weighted by Gasteiger charge is 2.34. The van der Waals surface area contributed by atoms with Crippen LogP contribution in [0.3, 0.4) is 0 Å². The predicted molar refractivity (Wildman–Crippen MR) is 102 cm³/mol. The van der Waals surface area contributed by atoms with Gasteiger partial charge in [-0.1, -0.05) is 6.92 Å². The third kappa shape index (κ3) is 3.86. The van der Waals surface area contributed by atoms with Crippen LogP contribution < -0.4 is 0 Å². The maximum absolute atomic E-state index is 9.25. The lowest BCUT2D eigenvalue weighted by Gasteiger charge is -2.37. The van der Waals surface area contributed by atoms with E-state index in [0.717, 1.165) is 48.5 Å². The molecule has 3 N–H and O–H groups in total. The van der Waals surface area contributed by atoms with Gasteiger partial charge >= 0.3 is 0 Å². The maximum Gasteiger partial charge on any atom is 0.290 e. The molecular formula is C19H25N5O3. The SMILES string of the molecule is CN1CCC(C)(c2nccn2-c2ccc3nc(CO)[nH]c3c2)CC1.O=CO. The molecule has 1 saturated heterocycles. The Morgan fingerprint density at radius 1 is 1.33 bits per heavy atom. The number of imidazole rings is 2. The summed E-state index contributed by atoms with van der Waals surface area (Å²) in [7, 11) is 2.18. The molecular weight excluding hydrogens is 346 g/mol. The number of nitrogens with one attached hydrogen (secondary N) is 1. The number of H-pyrrole nitrogens is 1. The van der Waals surface area contributed by atoms with E-state index in [1.54, 1.807) is 0 Å². The highest BCUT2D eigenvalue weighted by Crippen LogP contribution is 2.35. The lowest BCUT2D eigenvalue weighted by atomic mass is 9.79. The van der Waals surface area contributed by atoms with Crippen molar-refractivity contribution in [1.29, 1.82) is 0 Å². The molecule has 144 valence electrons. The summed E-state index contributed by atoms with van der Waals surface area (Å²) in [5.74, 6) is 1.71. The summed E-state index contributed by atoms with van der Waals surface area (Å²) in [5, 5.41) is 16.1. The average Bonchev–Trinajstić information content (AvgIpc) is 3.31. The molecule has 4 rings (SSSR count). The largest absolute Gasteiger partial charge is 0.483 e. The van der Waals surface area contributed by atoms with Crippen LogP contribution in [0.25, 0.3) is 16.7 Å². The van der Waals surface area contributed by atoms with Gasteiger partial charge in [-0.05, 0) is 51.2 Å². The average molecular weight is 371 g/mol. The Balaban J connectivity index is 0.000000659. The highest BCUT2D eigenvalue weighted by atomic mass is 16.3. The molecule has 1 fully saturated rings. The first kappa shape index (κ1) is 19.1. The number of aliphatic hydroxyl groups is 1. The number of hydrogen-bond donors (Lipinski definition) is 3. The van der Waals surface area contributed by atoms with E-state index in [9.17, 15) is 5.11 Å². The minimum absolute atomic E-state index is 0.0775. The van der Waals surface area contributed by atoms with E-state index < -0.39 is 0 Å². The van der Waals surface area contributed by atoms with Gasteiger partial charge in [-0.2, -0.15) is 0 Å². The number of likely N-dealkylation sites (tertiary alicyclic amines) is 1. The van der Waals surface area contributed by atoms with Gasteiger partial charge in [0.25, 0.3) is 6.47 Å². The van der Waals surface area contributed by atoms with E-state index in [0.29, 0.717) is 5.82 Å². The van der Waals surface area contributed by atoms with Gasteiger partial charge in [0, 0.05) is 23.5 Å². The fraction of sp³-hybridized carbons (Fsp3) is 0.421. The summed E-state index contributed by atoms with van der Waals surface area (Å²) in [5.41, 5.74) is 2.97. The number of hydrogen-bond acceptors (Lipinski definition) is 5. The standard InChI is InChI=1S/C18H23N5O.CH2O2/c1-18(5-8-22(2)9-6-18)17-19-7-10-23(17)13-3-4-14-15(11-13)21-16(12-24)20-14;2-1-3/h3-4,7,10-11,24H,5-6,8-9,12H2,1-2H3,(H,20,21);1H,(H,2,3). The molecule has 8 nitrogen and oxygen atoms in total. The zero-order valence-corrected chi connectivity index (χ0v) is 15.6. The Hall–Kier alpha value is -2.71. The number of aromatic amines is 1. The monoisotopic (exact) mass is 371 g/mol. The molecule has 0 amide bonds. The number of fused-ring (bicyclic) bond motifs is 1. The Morgan fingerprint density at radius 3 is 2.70 bits per heavy atom. The second-order valence-electron chi connectivity index (χ2n) is 7.13. The van der Waals surface area contributed by atoms with E-state index in [2.05, 4.69) is 45.5 Å². The maximum atomic E-state index is 9.25. The lowest BCUT2D eigenvalue weighted by molar-refractivity contribution is -0.122. The molecule has 0 radical (unpaired) electrons. The second kappa shape index (κ2) is 7.89. The zero-order valence-electron chi connectivity index (χ0n) is 15.6. The number of benzene rings is 1. The van der Waals surface area contributed by atoms with Gasteiger partial charge in [-0.25, -0.2) is 9.97 Å². The normalized spacial score (nSPS) is 16.7. The molecule has 0 bridgehead atoms. The summed E-state index contributed by atoms with van der Waals surface area (Å²) < 4.78 is 2.18. The van der Waals surface area contributed by atoms with E-state index in [-0.39, 0.29) is 18.5 Å². The van der Waals surface area contributed by atoms with Crippen LogP contribution in [0.2, 0.25) is 0 Å². The minimum Gasteiger partial charge on any atom is -0.483 e. The van der Waals surface area contributed by atoms with Gasteiger partial charge in [-0.3, -0.25) is 4.79 Å². The smallest absolute Gasteiger partial charge is 0.290 e. The van der Waals surface area contributed by atoms with Crippen molar-refractivity contribution in [2.75, 3.05) is 20.1 Å². The van der Waals surface area contributed by atoms with Crippen LogP contribution in [-0.4, -0.2) is 61.2 Å². The Labute approximate surface area is 157 Å². The molecule has 0 atom stereocenters. The fourth-order valence-corrected chi connectivity index (χ4v) is 3.57. The van der Waals surface area contributed by atoms with E-state index in [4.69, 9.17) is 14.9 Å². The van der Waals surface area contributed by atoms with Gasteiger partial charge < -0.3 is 24.7 Å². The first-order valence-corrected chi connectivity index (χ1v) is 8.91. The van der Waals surface area contributed by atoms with Crippen LogP contribution in [0.15, 0.2) is 30.6 Å². The first-order chi connectivity index (χ1) is 13.0. The molecule has 0 saturated carbocycles. The van der Waals surface area contributed by atoms with Crippen LogP contribution in [0.4, 0.5) is 0 Å². The van der Waals surface area contributed by atoms with Crippen LogP contribution in [0, 0.1) is 0 Å². The van der Waals surface area contributed by atoms with Crippen LogP contribution in [0.5, 0.6) is 0 Å². The van der Waals surface area contributed by atoms with Gasteiger partial charge in [-0.15, -0.1) is 0 Å². The fourth-order valence-electron chi connectivity index (χ4n) is 3.57. The van der Waals surface area contributed by atoms with Crippen molar-refractivity contribution in [3.05, 3.63) is 42.2 Å². The second-order valence-corrected chi connectivity index (χ2v) is 7.13. The van der Waals surface area contributed by atoms with Crippen LogP contribution in [0.1, 0.15) is 31.4 Å². The van der Waals surface area contributed by atoms with Crippen molar-refractivity contribution < 1.29 is 15.0 Å². The van der Waals surface area contributed by atoms with Gasteiger partial charge in [0.15, 0.2) is 0 Å². The number of rotatable bonds is 3.